The second-order valence-electron chi connectivity index (χ2n) is 4.98. The highest BCUT2D eigenvalue weighted by Crippen LogP contribution is 2.28. The van der Waals surface area contributed by atoms with E-state index in [1.807, 2.05) is 14.0 Å². The minimum atomic E-state index is -3.55. The van der Waals surface area contributed by atoms with E-state index in [0.717, 1.165) is 13.1 Å². The van der Waals surface area contributed by atoms with Crippen molar-refractivity contribution in [2.45, 2.75) is 17.9 Å². The van der Waals surface area contributed by atoms with Crippen LogP contribution in [0.4, 0.5) is 5.82 Å². The smallest absolute Gasteiger partial charge is 0.247 e. The second-order valence-corrected chi connectivity index (χ2v) is 7.75. The minimum absolute atomic E-state index is 0.0533. The van der Waals surface area contributed by atoms with Crippen molar-refractivity contribution < 1.29 is 8.42 Å². The van der Waals surface area contributed by atoms with Gasteiger partial charge in [-0.05, 0) is 36.0 Å². The van der Waals surface area contributed by atoms with Crippen LogP contribution in [0, 0.1) is 0 Å². The topological polar surface area (TPSA) is 65.5 Å². The Balaban J connectivity index is 2.42. The summed E-state index contributed by atoms with van der Waals surface area (Å²) < 4.78 is 27.9. The molecule has 0 radical (unpaired) electrons. The first kappa shape index (κ1) is 15.7. The van der Waals surface area contributed by atoms with Crippen molar-refractivity contribution in [3.63, 3.8) is 0 Å². The lowest BCUT2D eigenvalue weighted by Gasteiger charge is -2.37. The monoisotopic (exact) mass is 362 g/mol. The van der Waals surface area contributed by atoms with Gasteiger partial charge in [-0.3, -0.25) is 0 Å². The molecule has 1 unspecified atom stereocenters. The summed E-state index contributed by atoms with van der Waals surface area (Å²) in [6, 6.07) is 1.54. The lowest BCUT2D eigenvalue weighted by Crippen LogP contribution is -2.52. The van der Waals surface area contributed by atoms with Gasteiger partial charge < -0.3 is 10.2 Å². The number of nitrogens with zero attached hydrogens (tertiary/aromatic N) is 3. The van der Waals surface area contributed by atoms with Gasteiger partial charge in [-0.1, -0.05) is 0 Å². The Morgan fingerprint density at radius 1 is 1.45 bits per heavy atom. The largest absolute Gasteiger partial charge is 0.372 e. The molecule has 0 aliphatic carbocycles. The average molecular weight is 363 g/mol. The van der Waals surface area contributed by atoms with Crippen molar-refractivity contribution in [2.24, 2.45) is 0 Å². The van der Waals surface area contributed by atoms with Gasteiger partial charge in [0.25, 0.3) is 0 Å². The van der Waals surface area contributed by atoms with E-state index in [4.69, 9.17) is 0 Å². The third-order valence-electron chi connectivity index (χ3n) is 3.41. The van der Waals surface area contributed by atoms with Crippen LogP contribution in [0.1, 0.15) is 6.92 Å². The van der Waals surface area contributed by atoms with Gasteiger partial charge in [0.2, 0.25) is 10.0 Å². The van der Waals surface area contributed by atoms with E-state index < -0.39 is 10.0 Å². The zero-order valence-corrected chi connectivity index (χ0v) is 14.2. The average Bonchev–Trinajstić information content (AvgIpc) is 2.38. The quantitative estimate of drug-likeness (QED) is 0.875. The van der Waals surface area contributed by atoms with Gasteiger partial charge in [0.05, 0.1) is 0 Å². The predicted molar refractivity (Wildman–Crippen MR) is 82.3 cm³/mol. The van der Waals surface area contributed by atoms with Gasteiger partial charge in [0.15, 0.2) is 0 Å². The maximum atomic E-state index is 12.8. The number of rotatable bonds is 3. The van der Waals surface area contributed by atoms with Crippen molar-refractivity contribution in [1.82, 2.24) is 14.2 Å². The third kappa shape index (κ3) is 2.98. The minimum Gasteiger partial charge on any atom is -0.372 e. The Morgan fingerprint density at radius 2 is 2.15 bits per heavy atom. The van der Waals surface area contributed by atoms with Gasteiger partial charge in [-0.15, -0.1) is 0 Å². The van der Waals surface area contributed by atoms with Gasteiger partial charge in [-0.25, -0.2) is 13.4 Å². The van der Waals surface area contributed by atoms with Gasteiger partial charge in [0.1, 0.15) is 10.7 Å². The molecule has 0 aromatic carbocycles. The van der Waals surface area contributed by atoms with E-state index in [1.54, 1.807) is 23.6 Å². The fourth-order valence-electron chi connectivity index (χ4n) is 2.41. The maximum Gasteiger partial charge on any atom is 0.247 e. The molecule has 1 aromatic heterocycles. The molecule has 0 amide bonds. The summed E-state index contributed by atoms with van der Waals surface area (Å²) >= 11 is 3.29. The predicted octanol–water partition coefficient (Wildman–Crippen LogP) is 1.21. The molecule has 1 aromatic rings. The van der Waals surface area contributed by atoms with Crippen molar-refractivity contribution in [1.29, 1.82) is 0 Å². The molecule has 1 saturated heterocycles. The Bertz CT molecular complexity index is 593. The molecule has 6 nitrogen and oxygen atoms in total. The summed E-state index contributed by atoms with van der Waals surface area (Å²) in [4.78, 5) is 6.47. The van der Waals surface area contributed by atoms with Crippen LogP contribution in [0.2, 0.25) is 0 Å². The lowest BCUT2D eigenvalue weighted by molar-refractivity contribution is 0.170. The fraction of sp³-hybridized carbons (Fsp3) is 0.583. The molecule has 0 saturated carbocycles. The van der Waals surface area contributed by atoms with Crippen molar-refractivity contribution >= 4 is 31.8 Å². The standard InChI is InChI=1S/C12H19BrN4O2S/c1-9-8-16(3)4-5-17(9)20(18,19)11-6-10(13)7-15-12(11)14-2/h6-7,9H,4-5,8H2,1-3H3,(H,14,15). The summed E-state index contributed by atoms with van der Waals surface area (Å²) in [6.07, 6.45) is 1.58. The number of aromatic nitrogens is 1. The van der Waals surface area contributed by atoms with E-state index in [0.29, 0.717) is 16.8 Å². The second kappa shape index (κ2) is 5.97. The van der Waals surface area contributed by atoms with Crippen LogP contribution >= 0.6 is 15.9 Å². The summed E-state index contributed by atoms with van der Waals surface area (Å²) in [5, 5.41) is 2.84. The Hall–Kier alpha value is -0.700. The zero-order valence-electron chi connectivity index (χ0n) is 11.8. The van der Waals surface area contributed by atoms with Crippen LogP contribution in [0.25, 0.3) is 0 Å². The van der Waals surface area contributed by atoms with Crippen LogP contribution in [0.5, 0.6) is 0 Å². The number of likely N-dealkylation sites (N-methyl/N-ethyl adjacent to an activating group) is 1. The van der Waals surface area contributed by atoms with E-state index in [1.165, 1.54) is 0 Å². The number of anilines is 1. The first-order chi connectivity index (χ1) is 9.36. The van der Waals surface area contributed by atoms with Gasteiger partial charge in [-0.2, -0.15) is 4.31 Å². The first-order valence-corrected chi connectivity index (χ1v) is 8.63. The molecule has 112 valence electrons. The van der Waals surface area contributed by atoms with Crippen molar-refractivity contribution in [2.75, 3.05) is 39.0 Å². The van der Waals surface area contributed by atoms with E-state index >= 15 is 0 Å². The Kier molecular flexibility index (Phi) is 4.68. The van der Waals surface area contributed by atoms with Crippen LogP contribution < -0.4 is 5.32 Å². The number of pyridine rings is 1. The van der Waals surface area contributed by atoms with E-state index in [2.05, 4.69) is 31.1 Å². The highest BCUT2D eigenvalue weighted by atomic mass is 79.9. The summed E-state index contributed by atoms with van der Waals surface area (Å²) in [6.45, 7) is 3.89. The highest BCUT2D eigenvalue weighted by molar-refractivity contribution is 9.10. The summed E-state index contributed by atoms with van der Waals surface area (Å²) in [5.41, 5.74) is 0. The van der Waals surface area contributed by atoms with Crippen molar-refractivity contribution in [3.05, 3.63) is 16.7 Å². The van der Waals surface area contributed by atoms with Crippen LogP contribution in [0.15, 0.2) is 21.6 Å². The zero-order chi connectivity index (χ0) is 14.9. The normalized spacial score (nSPS) is 21.9. The first-order valence-electron chi connectivity index (χ1n) is 6.40. The van der Waals surface area contributed by atoms with Crippen LogP contribution in [-0.2, 0) is 10.0 Å². The van der Waals surface area contributed by atoms with Crippen LogP contribution in [0.3, 0.4) is 0 Å². The molecular weight excluding hydrogens is 344 g/mol. The van der Waals surface area contributed by atoms with Gasteiger partial charge in [0, 0.05) is 43.4 Å². The molecule has 1 aliphatic heterocycles. The molecule has 1 N–H and O–H groups in total. The number of sulfonamides is 1. The maximum absolute atomic E-state index is 12.8. The molecule has 2 heterocycles. The lowest BCUT2D eigenvalue weighted by atomic mass is 10.2. The molecule has 0 bridgehead atoms. The fourth-order valence-corrected chi connectivity index (χ4v) is 4.68. The summed E-state index contributed by atoms with van der Waals surface area (Å²) in [7, 11) is 0.121. The molecule has 8 heteroatoms. The van der Waals surface area contributed by atoms with E-state index in [9.17, 15) is 8.42 Å². The number of hydrogen-bond donors (Lipinski definition) is 1. The molecule has 1 aliphatic rings. The highest BCUT2D eigenvalue weighted by Gasteiger charge is 2.34. The van der Waals surface area contributed by atoms with E-state index in [-0.39, 0.29) is 10.9 Å². The Labute approximate surface area is 128 Å². The van der Waals surface area contributed by atoms with Crippen molar-refractivity contribution in [3.8, 4) is 0 Å². The molecule has 20 heavy (non-hydrogen) atoms. The summed E-state index contributed by atoms with van der Waals surface area (Å²) in [5.74, 6) is 0.374. The molecule has 1 atom stereocenters. The molecule has 1 fully saturated rings. The Morgan fingerprint density at radius 3 is 2.75 bits per heavy atom. The number of nitrogens with one attached hydrogen (secondary N) is 1. The SMILES string of the molecule is CNc1ncc(Br)cc1S(=O)(=O)N1CCN(C)CC1C. The molecule has 0 spiro atoms. The van der Waals surface area contributed by atoms with Gasteiger partial charge >= 0.3 is 0 Å². The third-order valence-corrected chi connectivity index (χ3v) is 5.87. The number of piperazine rings is 1. The van der Waals surface area contributed by atoms with Crippen LogP contribution in [-0.4, -0.2) is 62.4 Å². The number of hydrogen-bond acceptors (Lipinski definition) is 5. The molecule has 2 rings (SSSR count). The molecular formula is C12H19BrN4O2S. The number of halogens is 1.